The van der Waals surface area contributed by atoms with Crippen molar-refractivity contribution >= 4 is 5.91 Å². The Morgan fingerprint density at radius 2 is 2.00 bits per heavy atom. The number of nitrogens with one attached hydrogen (secondary N) is 2. The van der Waals surface area contributed by atoms with Crippen LogP contribution in [0.15, 0.2) is 18.2 Å². The summed E-state index contributed by atoms with van der Waals surface area (Å²) in [6.45, 7) is 2.64. The van der Waals surface area contributed by atoms with Gasteiger partial charge in [-0.15, -0.1) is 0 Å². The van der Waals surface area contributed by atoms with Gasteiger partial charge in [0.05, 0.1) is 6.42 Å². The van der Waals surface area contributed by atoms with Crippen molar-refractivity contribution < 1.29 is 13.6 Å². The van der Waals surface area contributed by atoms with E-state index in [0.29, 0.717) is 18.0 Å². The van der Waals surface area contributed by atoms with Crippen LogP contribution in [0.5, 0.6) is 0 Å². The minimum absolute atomic E-state index is 0.0855. The van der Waals surface area contributed by atoms with E-state index in [1.807, 2.05) is 0 Å². The molecule has 2 N–H and O–H groups in total. The van der Waals surface area contributed by atoms with Crippen molar-refractivity contribution in [3.05, 3.63) is 35.4 Å². The number of piperidine rings is 1. The van der Waals surface area contributed by atoms with E-state index in [9.17, 15) is 13.6 Å². The topological polar surface area (TPSA) is 41.1 Å². The first-order valence-electron chi connectivity index (χ1n) is 6.56. The van der Waals surface area contributed by atoms with Crippen LogP contribution in [0.25, 0.3) is 0 Å². The molecule has 0 radical (unpaired) electrons. The van der Waals surface area contributed by atoms with Gasteiger partial charge in [0, 0.05) is 6.54 Å². The maximum absolute atomic E-state index is 13.0. The van der Waals surface area contributed by atoms with E-state index < -0.39 is 11.6 Å². The van der Waals surface area contributed by atoms with Crippen molar-refractivity contribution in [2.24, 2.45) is 5.92 Å². The lowest BCUT2D eigenvalue weighted by atomic mass is 9.98. The summed E-state index contributed by atoms with van der Waals surface area (Å²) in [7, 11) is 0. The van der Waals surface area contributed by atoms with Crippen LogP contribution in [0, 0.1) is 17.6 Å². The lowest BCUT2D eigenvalue weighted by Gasteiger charge is -2.22. The van der Waals surface area contributed by atoms with Crippen LogP contribution in [0.2, 0.25) is 0 Å². The molecule has 0 saturated carbocycles. The van der Waals surface area contributed by atoms with E-state index in [1.165, 1.54) is 6.07 Å². The van der Waals surface area contributed by atoms with Crippen molar-refractivity contribution in [3.8, 4) is 0 Å². The SMILES string of the molecule is O=C(Cc1ccc(F)c(F)c1)NCC1CCNCC1. The largest absolute Gasteiger partial charge is 0.356 e. The molecular weight excluding hydrogens is 250 g/mol. The summed E-state index contributed by atoms with van der Waals surface area (Å²) in [5.74, 6) is -1.44. The first kappa shape index (κ1) is 13.9. The molecule has 0 bridgehead atoms. The second-order valence-electron chi connectivity index (χ2n) is 4.92. The summed E-state index contributed by atoms with van der Waals surface area (Å²) in [4.78, 5) is 11.7. The van der Waals surface area contributed by atoms with Gasteiger partial charge in [0.15, 0.2) is 11.6 Å². The van der Waals surface area contributed by atoms with Crippen LogP contribution in [0.4, 0.5) is 8.78 Å². The monoisotopic (exact) mass is 268 g/mol. The molecule has 1 aromatic rings. The number of hydrogen-bond donors (Lipinski definition) is 2. The average molecular weight is 268 g/mol. The molecule has 1 aromatic carbocycles. The lowest BCUT2D eigenvalue weighted by Crippen LogP contribution is -2.36. The zero-order valence-corrected chi connectivity index (χ0v) is 10.7. The summed E-state index contributed by atoms with van der Waals surface area (Å²) in [6.07, 6.45) is 2.21. The fourth-order valence-electron chi connectivity index (χ4n) is 2.24. The normalized spacial score (nSPS) is 16.3. The molecule has 0 spiro atoms. The van der Waals surface area contributed by atoms with Crippen molar-refractivity contribution in [1.82, 2.24) is 10.6 Å². The number of hydrogen-bond acceptors (Lipinski definition) is 2. The molecule has 3 nitrogen and oxygen atoms in total. The highest BCUT2D eigenvalue weighted by Crippen LogP contribution is 2.11. The summed E-state index contributed by atoms with van der Waals surface area (Å²) in [5, 5.41) is 6.12. The molecule has 1 heterocycles. The van der Waals surface area contributed by atoms with E-state index >= 15 is 0 Å². The third kappa shape index (κ3) is 4.28. The molecule has 1 saturated heterocycles. The molecule has 0 unspecified atom stereocenters. The smallest absolute Gasteiger partial charge is 0.224 e. The Morgan fingerprint density at radius 1 is 1.26 bits per heavy atom. The Kier molecular flexibility index (Phi) is 4.85. The lowest BCUT2D eigenvalue weighted by molar-refractivity contribution is -0.120. The molecule has 19 heavy (non-hydrogen) atoms. The van der Waals surface area contributed by atoms with Crippen LogP contribution in [-0.4, -0.2) is 25.5 Å². The van der Waals surface area contributed by atoms with Gasteiger partial charge in [-0.05, 0) is 49.5 Å². The maximum Gasteiger partial charge on any atom is 0.224 e. The van der Waals surface area contributed by atoms with Crippen LogP contribution in [0.1, 0.15) is 18.4 Å². The number of halogens is 2. The fraction of sp³-hybridized carbons (Fsp3) is 0.500. The number of rotatable bonds is 4. The van der Waals surface area contributed by atoms with Gasteiger partial charge < -0.3 is 10.6 Å². The van der Waals surface area contributed by atoms with Crippen LogP contribution in [0.3, 0.4) is 0 Å². The Labute approximate surface area is 111 Å². The quantitative estimate of drug-likeness (QED) is 0.871. The highest BCUT2D eigenvalue weighted by Gasteiger charge is 2.14. The molecule has 0 aliphatic carbocycles. The number of amides is 1. The van der Waals surface area contributed by atoms with Gasteiger partial charge in [-0.1, -0.05) is 6.07 Å². The second kappa shape index (κ2) is 6.61. The summed E-state index contributed by atoms with van der Waals surface area (Å²) in [5.41, 5.74) is 0.488. The summed E-state index contributed by atoms with van der Waals surface area (Å²) < 4.78 is 25.7. The minimum Gasteiger partial charge on any atom is -0.356 e. The highest BCUT2D eigenvalue weighted by atomic mass is 19.2. The van der Waals surface area contributed by atoms with Crippen LogP contribution in [-0.2, 0) is 11.2 Å². The van der Waals surface area contributed by atoms with E-state index in [1.54, 1.807) is 0 Å². The van der Waals surface area contributed by atoms with E-state index in [4.69, 9.17) is 0 Å². The number of benzene rings is 1. The highest BCUT2D eigenvalue weighted by molar-refractivity contribution is 5.78. The summed E-state index contributed by atoms with van der Waals surface area (Å²) >= 11 is 0. The zero-order chi connectivity index (χ0) is 13.7. The molecular formula is C14H18F2N2O. The van der Waals surface area contributed by atoms with Crippen molar-refractivity contribution in [2.75, 3.05) is 19.6 Å². The van der Waals surface area contributed by atoms with E-state index in [0.717, 1.165) is 38.1 Å². The molecule has 5 heteroatoms. The van der Waals surface area contributed by atoms with Gasteiger partial charge in [0.1, 0.15) is 0 Å². The molecule has 1 amide bonds. The van der Waals surface area contributed by atoms with Crippen molar-refractivity contribution in [1.29, 1.82) is 0 Å². The van der Waals surface area contributed by atoms with Gasteiger partial charge >= 0.3 is 0 Å². The van der Waals surface area contributed by atoms with E-state index in [-0.39, 0.29) is 12.3 Å². The average Bonchev–Trinajstić information content (AvgIpc) is 2.42. The standard InChI is InChI=1S/C14H18F2N2O/c15-12-2-1-11(7-13(12)16)8-14(19)18-9-10-3-5-17-6-4-10/h1-2,7,10,17H,3-6,8-9H2,(H,18,19). The Hall–Kier alpha value is -1.49. The summed E-state index contributed by atoms with van der Waals surface area (Å²) in [6, 6.07) is 3.55. The van der Waals surface area contributed by atoms with Gasteiger partial charge in [0.2, 0.25) is 5.91 Å². The third-order valence-electron chi connectivity index (χ3n) is 3.40. The van der Waals surface area contributed by atoms with Gasteiger partial charge in [0.25, 0.3) is 0 Å². The molecule has 104 valence electrons. The van der Waals surface area contributed by atoms with Gasteiger partial charge in [-0.25, -0.2) is 8.78 Å². The fourth-order valence-corrected chi connectivity index (χ4v) is 2.24. The Balaban J connectivity index is 1.78. The van der Waals surface area contributed by atoms with Gasteiger partial charge in [-0.2, -0.15) is 0 Å². The second-order valence-corrected chi connectivity index (χ2v) is 4.92. The van der Waals surface area contributed by atoms with Gasteiger partial charge in [-0.3, -0.25) is 4.79 Å². The number of carbonyl (C=O) groups is 1. The Bertz CT molecular complexity index is 445. The minimum atomic E-state index is -0.913. The molecule has 1 aliphatic heterocycles. The molecule has 1 aliphatic rings. The molecule has 1 fully saturated rings. The number of carbonyl (C=O) groups excluding carboxylic acids is 1. The Morgan fingerprint density at radius 3 is 2.68 bits per heavy atom. The van der Waals surface area contributed by atoms with Crippen LogP contribution < -0.4 is 10.6 Å². The predicted octanol–water partition coefficient (Wildman–Crippen LogP) is 1.62. The predicted molar refractivity (Wildman–Crippen MR) is 68.7 cm³/mol. The first-order valence-corrected chi connectivity index (χ1v) is 6.56. The van der Waals surface area contributed by atoms with Crippen molar-refractivity contribution in [3.63, 3.8) is 0 Å². The first-order chi connectivity index (χ1) is 9.15. The zero-order valence-electron chi connectivity index (χ0n) is 10.7. The molecule has 0 aromatic heterocycles. The maximum atomic E-state index is 13.0. The molecule has 2 rings (SSSR count). The van der Waals surface area contributed by atoms with Crippen molar-refractivity contribution in [2.45, 2.75) is 19.3 Å². The van der Waals surface area contributed by atoms with Crippen LogP contribution >= 0.6 is 0 Å². The third-order valence-corrected chi connectivity index (χ3v) is 3.40. The van der Waals surface area contributed by atoms with E-state index in [2.05, 4.69) is 10.6 Å². The molecule has 0 atom stereocenters.